The summed E-state index contributed by atoms with van der Waals surface area (Å²) in [5.41, 5.74) is 0.695. The number of rotatable bonds is 7. The lowest BCUT2D eigenvalue weighted by Crippen LogP contribution is -2.36. The van der Waals surface area contributed by atoms with Crippen LogP contribution in [0.3, 0.4) is 0 Å². The van der Waals surface area contributed by atoms with Crippen LogP contribution in [-0.4, -0.2) is 47.6 Å². The van der Waals surface area contributed by atoms with Gasteiger partial charge in [0.2, 0.25) is 0 Å². The van der Waals surface area contributed by atoms with Crippen LogP contribution in [0, 0.1) is 5.82 Å². The van der Waals surface area contributed by atoms with Gasteiger partial charge in [0.25, 0.3) is 11.7 Å². The fraction of sp³-hybridized carbons (Fsp3) is 0.280. The molecule has 0 aliphatic carbocycles. The maximum Gasteiger partial charge on any atom is 0.295 e. The maximum atomic E-state index is 14.0. The third-order valence-electron chi connectivity index (χ3n) is 5.62. The summed E-state index contributed by atoms with van der Waals surface area (Å²) < 4.78 is 25.1. The molecule has 2 heterocycles. The highest BCUT2D eigenvalue weighted by Gasteiger charge is 2.47. The van der Waals surface area contributed by atoms with E-state index in [0.29, 0.717) is 30.1 Å². The smallest absolute Gasteiger partial charge is 0.295 e. The molecule has 2 aliphatic heterocycles. The first-order valence-electron chi connectivity index (χ1n) is 10.5. The molecule has 2 fully saturated rings. The highest BCUT2D eigenvalue weighted by Crippen LogP contribution is 2.40. The molecule has 0 bridgehead atoms. The molecular formula is C25H24FNO5. The van der Waals surface area contributed by atoms with Crippen molar-refractivity contribution >= 4 is 17.4 Å². The van der Waals surface area contributed by atoms with Crippen LogP contribution < -0.4 is 4.74 Å². The fourth-order valence-corrected chi connectivity index (χ4v) is 4.12. The number of aliphatic hydroxyl groups is 1. The highest BCUT2D eigenvalue weighted by atomic mass is 19.1. The van der Waals surface area contributed by atoms with Crippen molar-refractivity contribution in [2.75, 3.05) is 19.8 Å². The number of carbonyl (C=O) groups excluding carboxylic acids is 2. The van der Waals surface area contributed by atoms with Crippen molar-refractivity contribution < 1.29 is 28.6 Å². The quantitative estimate of drug-likeness (QED) is 0.307. The monoisotopic (exact) mass is 437 g/mol. The van der Waals surface area contributed by atoms with Crippen LogP contribution in [0.1, 0.15) is 30.0 Å². The van der Waals surface area contributed by atoms with Gasteiger partial charge in [-0.15, -0.1) is 0 Å². The summed E-state index contributed by atoms with van der Waals surface area (Å²) in [6.07, 6.45) is 3.05. The molecule has 1 amide bonds. The fourth-order valence-electron chi connectivity index (χ4n) is 4.12. The first kappa shape index (κ1) is 21.8. The molecule has 2 aliphatic rings. The van der Waals surface area contributed by atoms with Gasteiger partial charge in [-0.05, 0) is 54.8 Å². The van der Waals surface area contributed by atoms with Crippen LogP contribution in [-0.2, 0) is 14.3 Å². The summed E-state index contributed by atoms with van der Waals surface area (Å²) >= 11 is 0. The van der Waals surface area contributed by atoms with Crippen LogP contribution in [0.5, 0.6) is 5.75 Å². The van der Waals surface area contributed by atoms with Crippen LogP contribution in [0.25, 0.3) is 5.76 Å². The summed E-state index contributed by atoms with van der Waals surface area (Å²) in [5.74, 6) is -1.78. The van der Waals surface area contributed by atoms with Gasteiger partial charge in [0.15, 0.2) is 0 Å². The van der Waals surface area contributed by atoms with Crippen molar-refractivity contribution in [1.29, 1.82) is 0 Å². The Morgan fingerprint density at radius 1 is 1.25 bits per heavy atom. The Kier molecular flexibility index (Phi) is 6.37. The molecule has 0 saturated carbocycles. The molecule has 2 aromatic rings. The molecule has 2 unspecified atom stereocenters. The van der Waals surface area contributed by atoms with E-state index >= 15 is 0 Å². The number of ether oxygens (including phenoxy) is 2. The summed E-state index contributed by atoms with van der Waals surface area (Å²) in [5, 5.41) is 11.1. The second-order valence-electron chi connectivity index (χ2n) is 7.77. The minimum atomic E-state index is -0.911. The largest absolute Gasteiger partial charge is 0.507 e. The Balaban J connectivity index is 1.75. The molecule has 2 saturated heterocycles. The third-order valence-corrected chi connectivity index (χ3v) is 5.62. The van der Waals surface area contributed by atoms with E-state index in [-0.39, 0.29) is 24.0 Å². The van der Waals surface area contributed by atoms with Crippen LogP contribution >= 0.6 is 0 Å². The Hall–Kier alpha value is -3.45. The lowest BCUT2D eigenvalue weighted by Gasteiger charge is -2.27. The zero-order valence-corrected chi connectivity index (χ0v) is 17.5. The van der Waals surface area contributed by atoms with Gasteiger partial charge in [0.1, 0.15) is 23.9 Å². The topological polar surface area (TPSA) is 76.1 Å². The zero-order valence-electron chi connectivity index (χ0n) is 17.5. The second kappa shape index (κ2) is 9.36. The van der Waals surface area contributed by atoms with E-state index in [1.165, 1.54) is 23.1 Å². The number of hydrogen-bond acceptors (Lipinski definition) is 5. The summed E-state index contributed by atoms with van der Waals surface area (Å²) in [6.45, 7) is 4.71. The molecule has 6 nitrogen and oxygen atoms in total. The maximum absolute atomic E-state index is 14.0. The second-order valence-corrected chi connectivity index (χ2v) is 7.77. The Morgan fingerprint density at radius 3 is 2.69 bits per heavy atom. The Morgan fingerprint density at radius 2 is 2.03 bits per heavy atom. The third kappa shape index (κ3) is 4.29. The van der Waals surface area contributed by atoms with E-state index in [0.717, 1.165) is 12.8 Å². The zero-order chi connectivity index (χ0) is 22.7. The van der Waals surface area contributed by atoms with Gasteiger partial charge in [-0.3, -0.25) is 9.59 Å². The number of hydrogen-bond donors (Lipinski definition) is 1. The van der Waals surface area contributed by atoms with Crippen molar-refractivity contribution in [3.05, 3.63) is 83.7 Å². The van der Waals surface area contributed by atoms with Crippen molar-refractivity contribution in [1.82, 2.24) is 4.90 Å². The van der Waals surface area contributed by atoms with Crippen molar-refractivity contribution in [2.45, 2.75) is 25.0 Å². The standard InChI is InChI=1S/C25H24FNO5/c1-2-12-31-19-10-8-16(9-11-19)23(28)21-22(17-5-3-6-18(26)14-17)27(25(30)24(21)29)15-20-7-4-13-32-20/h2-3,5-6,8-11,14,20,22,28H,1,4,7,12-13,15H2/b23-21+. The first-order chi connectivity index (χ1) is 15.5. The van der Waals surface area contributed by atoms with Crippen molar-refractivity contribution in [3.8, 4) is 5.75 Å². The van der Waals surface area contributed by atoms with E-state index in [2.05, 4.69) is 6.58 Å². The summed E-state index contributed by atoms with van der Waals surface area (Å²) in [4.78, 5) is 27.3. The Bertz CT molecular complexity index is 1060. The normalized spacial score (nSPS) is 22.3. The van der Waals surface area contributed by atoms with E-state index in [4.69, 9.17) is 9.47 Å². The predicted molar refractivity (Wildman–Crippen MR) is 117 cm³/mol. The molecule has 4 rings (SSSR count). The number of Topliss-reactive ketones (excluding diaryl/α,β-unsaturated/α-hetero) is 1. The molecule has 166 valence electrons. The molecule has 2 atom stereocenters. The summed E-state index contributed by atoms with van der Waals surface area (Å²) in [7, 11) is 0. The van der Waals surface area contributed by atoms with Crippen LogP contribution in [0.2, 0.25) is 0 Å². The van der Waals surface area contributed by atoms with Gasteiger partial charge < -0.3 is 19.5 Å². The van der Waals surface area contributed by atoms with Gasteiger partial charge in [0, 0.05) is 18.7 Å². The number of nitrogens with zero attached hydrogens (tertiary/aromatic N) is 1. The molecular weight excluding hydrogens is 413 g/mol. The van der Waals surface area contributed by atoms with Gasteiger partial charge in [-0.25, -0.2) is 4.39 Å². The number of halogens is 1. The summed E-state index contributed by atoms with van der Waals surface area (Å²) in [6, 6.07) is 11.3. The number of aliphatic hydroxyl groups excluding tert-OH is 1. The number of benzene rings is 2. The van der Waals surface area contributed by atoms with Gasteiger partial charge >= 0.3 is 0 Å². The minimum absolute atomic E-state index is 0.0710. The van der Waals surface area contributed by atoms with E-state index in [9.17, 15) is 19.1 Å². The van der Waals surface area contributed by atoms with Crippen molar-refractivity contribution in [2.24, 2.45) is 0 Å². The highest BCUT2D eigenvalue weighted by molar-refractivity contribution is 6.46. The SMILES string of the molecule is C=CCOc1ccc(/C(O)=C2\C(=O)C(=O)N(CC3CCCO3)C2c2cccc(F)c2)cc1. The number of carbonyl (C=O) groups is 2. The lowest BCUT2D eigenvalue weighted by molar-refractivity contribution is -0.140. The molecule has 32 heavy (non-hydrogen) atoms. The van der Waals surface area contributed by atoms with Gasteiger partial charge in [0.05, 0.1) is 17.7 Å². The minimum Gasteiger partial charge on any atom is -0.507 e. The first-order valence-corrected chi connectivity index (χ1v) is 10.5. The molecule has 0 aromatic heterocycles. The average molecular weight is 437 g/mol. The van der Waals surface area contributed by atoms with Crippen molar-refractivity contribution in [3.63, 3.8) is 0 Å². The molecule has 0 radical (unpaired) electrons. The van der Waals surface area contributed by atoms with Gasteiger partial charge in [-0.2, -0.15) is 0 Å². The van der Waals surface area contributed by atoms with Crippen LogP contribution in [0.15, 0.2) is 66.8 Å². The van der Waals surface area contributed by atoms with Crippen LogP contribution in [0.4, 0.5) is 4.39 Å². The predicted octanol–water partition coefficient (Wildman–Crippen LogP) is 3.99. The van der Waals surface area contributed by atoms with E-state index in [1.54, 1.807) is 36.4 Å². The Labute approximate surface area is 185 Å². The molecule has 2 aromatic carbocycles. The number of amides is 1. The lowest BCUT2D eigenvalue weighted by atomic mass is 9.95. The average Bonchev–Trinajstić information content (AvgIpc) is 3.40. The molecule has 7 heteroatoms. The van der Waals surface area contributed by atoms with E-state index < -0.39 is 23.5 Å². The molecule has 1 N–H and O–H groups in total. The number of ketones is 1. The number of likely N-dealkylation sites (tertiary alicyclic amines) is 1. The molecule has 0 spiro atoms. The van der Waals surface area contributed by atoms with E-state index in [1.807, 2.05) is 0 Å². The van der Waals surface area contributed by atoms with Gasteiger partial charge in [-0.1, -0.05) is 24.8 Å².